The number of likely N-dealkylation sites (N-methyl/N-ethyl adjacent to an activating group) is 1. The summed E-state index contributed by atoms with van der Waals surface area (Å²) < 4.78 is 5.21. The molecular formula is C29H35N3O2. The third-order valence-corrected chi connectivity index (χ3v) is 6.82. The standard InChI is InChI=1S/C29H35N3O2/c1-22(32-20-18-31(2)19-21-32)24-6-4-23(5-7-24)16-17-30-29(33)27-10-8-25(9-11-27)26-12-14-28(34-3)15-13-26/h4-15,22H,16-21H2,1-3H3,(H,30,33). The van der Waals surface area contributed by atoms with Gasteiger partial charge in [0, 0.05) is 44.3 Å². The fourth-order valence-electron chi connectivity index (χ4n) is 4.40. The molecule has 1 amide bonds. The average molecular weight is 458 g/mol. The maximum atomic E-state index is 12.6. The Bertz CT molecular complexity index is 1050. The smallest absolute Gasteiger partial charge is 0.251 e. The normalized spacial score (nSPS) is 15.6. The number of carbonyl (C=O) groups excluding carboxylic acids is 1. The Labute approximate surface area is 203 Å². The number of benzene rings is 3. The first-order valence-corrected chi connectivity index (χ1v) is 12.1. The molecule has 1 atom stereocenters. The Morgan fingerprint density at radius 3 is 2.06 bits per heavy atom. The minimum Gasteiger partial charge on any atom is -0.497 e. The minimum atomic E-state index is -0.0402. The summed E-state index contributed by atoms with van der Waals surface area (Å²) in [5.74, 6) is 0.792. The first-order valence-electron chi connectivity index (χ1n) is 12.1. The molecule has 0 saturated carbocycles. The molecule has 1 aliphatic rings. The Morgan fingerprint density at radius 2 is 1.47 bits per heavy atom. The molecule has 3 aromatic carbocycles. The van der Waals surface area contributed by atoms with Gasteiger partial charge in [0.1, 0.15) is 5.75 Å². The summed E-state index contributed by atoms with van der Waals surface area (Å²) in [6.45, 7) is 7.41. The molecule has 0 aliphatic carbocycles. The van der Waals surface area contributed by atoms with Crippen molar-refractivity contribution in [3.05, 3.63) is 89.5 Å². The van der Waals surface area contributed by atoms with E-state index in [-0.39, 0.29) is 5.91 Å². The van der Waals surface area contributed by atoms with E-state index >= 15 is 0 Å². The summed E-state index contributed by atoms with van der Waals surface area (Å²) in [5, 5.41) is 3.05. The van der Waals surface area contributed by atoms with Crippen LogP contribution in [0.5, 0.6) is 5.75 Å². The van der Waals surface area contributed by atoms with Gasteiger partial charge in [-0.3, -0.25) is 9.69 Å². The Balaban J connectivity index is 1.25. The number of hydrogen-bond donors (Lipinski definition) is 1. The van der Waals surface area contributed by atoms with Gasteiger partial charge in [0.05, 0.1) is 7.11 Å². The molecule has 1 unspecified atom stereocenters. The second kappa shape index (κ2) is 11.3. The number of hydrogen-bond acceptors (Lipinski definition) is 4. The van der Waals surface area contributed by atoms with Gasteiger partial charge >= 0.3 is 0 Å². The first-order chi connectivity index (χ1) is 16.5. The van der Waals surface area contributed by atoms with Crippen LogP contribution in [-0.4, -0.2) is 62.6 Å². The fraction of sp³-hybridized carbons (Fsp3) is 0.345. The van der Waals surface area contributed by atoms with E-state index in [1.165, 1.54) is 11.1 Å². The van der Waals surface area contributed by atoms with E-state index in [0.29, 0.717) is 18.2 Å². The highest BCUT2D eigenvalue weighted by Gasteiger charge is 2.20. The average Bonchev–Trinajstić information content (AvgIpc) is 2.89. The quantitative estimate of drug-likeness (QED) is 0.535. The monoisotopic (exact) mass is 457 g/mol. The predicted octanol–water partition coefficient (Wildman–Crippen LogP) is 4.64. The number of methoxy groups -OCH3 is 1. The second-order valence-corrected chi connectivity index (χ2v) is 9.07. The van der Waals surface area contributed by atoms with Crippen LogP contribution in [0.15, 0.2) is 72.8 Å². The lowest BCUT2D eigenvalue weighted by molar-refractivity contribution is 0.0954. The zero-order chi connectivity index (χ0) is 23.9. The second-order valence-electron chi connectivity index (χ2n) is 9.07. The molecule has 5 heteroatoms. The van der Waals surface area contributed by atoms with E-state index in [1.54, 1.807) is 7.11 Å². The van der Waals surface area contributed by atoms with Gasteiger partial charge in [-0.25, -0.2) is 0 Å². The van der Waals surface area contributed by atoms with Crippen molar-refractivity contribution in [2.75, 3.05) is 46.9 Å². The first kappa shape index (κ1) is 24.0. The molecule has 1 saturated heterocycles. The largest absolute Gasteiger partial charge is 0.497 e. The van der Waals surface area contributed by atoms with Gasteiger partial charge in [-0.15, -0.1) is 0 Å². The summed E-state index contributed by atoms with van der Waals surface area (Å²) in [7, 11) is 3.85. The number of nitrogens with one attached hydrogen (secondary N) is 1. The van der Waals surface area contributed by atoms with Gasteiger partial charge in [0.25, 0.3) is 5.91 Å². The van der Waals surface area contributed by atoms with E-state index < -0.39 is 0 Å². The van der Waals surface area contributed by atoms with Crippen LogP contribution in [0.2, 0.25) is 0 Å². The maximum absolute atomic E-state index is 12.6. The molecule has 0 spiro atoms. The number of carbonyl (C=O) groups is 1. The van der Waals surface area contributed by atoms with Crippen molar-refractivity contribution in [1.29, 1.82) is 0 Å². The molecular weight excluding hydrogens is 422 g/mol. The zero-order valence-electron chi connectivity index (χ0n) is 20.5. The van der Waals surface area contributed by atoms with E-state index in [0.717, 1.165) is 49.5 Å². The van der Waals surface area contributed by atoms with Gasteiger partial charge in [0.2, 0.25) is 0 Å². The van der Waals surface area contributed by atoms with Crippen LogP contribution < -0.4 is 10.1 Å². The molecule has 1 fully saturated rings. The highest BCUT2D eigenvalue weighted by molar-refractivity contribution is 5.94. The number of amides is 1. The topological polar surface area (TPSA) is 44.8 Å². The lowest BCUT2D eigenvalue weighted by Crippen LogP contribution is -2.45. The molecule has 34 heavy (non-hydrogen) atoms. The number of nitrogens with zero attached hydrogens (tertiary/aromatic N) is 2. The zero-order valence-corrected chi connectivity index (χ0v) is 20.5. The number of ether oxygens (including phenoxy) is 1. The van der Waals surface area contributed by atoms with Gasteiger partial charge in [-0.05, 0) is 66.9 Å². The summed E-state index contributed by atoms with van der Waals surface area (Å²) >= 11 is 0. The fourth-order valence-corrected chi connectivity index (χ4v) is 4.40. The summed E-state index contributed by atoms with van der Waals surface area (Å²) in [6.07, 6.45) is 0.818. The third kappa shape index (κ3) is 6.04. The highest BCUT2D eigenvalue weighted by Crippen LogP contribution is 2.23. The molecule has 1 heterocycles. The van der Waals surface area contributed by atoms with Crippen LogP contribution in [-0.2, 0) is 6.42 Å². The van der Waals surface area contributed by atoms with Crippen molar-refractivity contribution in [3.63, 3.8) is 0 Å². The van der Waals surface area contributed by atoms with Gasteiger partial charge in [0.15, 0.2) is 0 Å². The molecule has 1 N–H and O–H groups in total. The number of rotatable bonds is 8. The Hall–Kier alpha value is -3.15. The van der Waals surface area contributed by atoms with Crippen molar-refractivity contribution < 1.29 is 9.53 Å². The number of piperazine rings is 1. The Morgan fingerprint density at radius 1 is 0.882 bits per heavy atom. The molecule has 1 aliphatic heterocycles. The van der Waals surface area contributed by atoms with E-state index in [1.807, 2.05) is 48.5 Å². The van der Waals surface area contributed by atoms with Crippen LogP contribution in [0.25, 0.3) is 11.1 Å². The molecule has 0 bridgehead atoms. The molecule has 178 valence electrons. The van der Waals surface area contributed by atoms with Gasteiger partial charge in [-0.2, -0.15) is 0 Å². The third-order valence-electron chi connectivity index (χ3n) is 6.82. The van der Waals surface area contributed by atoms with Crippen LogP contribution in [0.4, 0.5) is 0 Å². The highest BCUT2D eigenvalue weighted by atomic mass is 16.5. The van der Waals surface area contributed by atoms with Crippen molar-refractivity contribution in [2.45, 2.75) is 19.4 Å². The van der Waals surface area contributed by atoms with Crippen LogP contribution in [0, 0.1) is 0 Å². The van der Waals surface area contributed by atoms with E-state index in [2.05, 4.69) is 53.4 Å². The molecule has 3 aromatic rings. The summed E-state index contributed by atoms with van der Waals surface area (Å²) in [5.41, 5.74) is 5.44. The van der Waals surface area contributed by atoms with Crippen molar-refractivity contribution in [3.8, 4) is 16.9 Å². The van der Waals surface area contributed by atoms with Crippen molar-refractivity contribution >= 4 is 5.91 Å². The maximum Gasteiger partial charge on any atom is 0.251 e. The van der Waals surface area contributed by atoms with Crippen LogP contribution in [0.1, 0.15) is 34.5 Å². The lowest BCUT2D eigenvalue weighted by atomic mass is 10.0. The molecule has 4 rings (SSSR count). The molecule has 0 radical (unpaired) electrons. The Kier molecular flexibility index (Phi) is 7.99. The van der Waals surface area contributed by atoms with Crippen molar-refractivity contribution in [1.82, 2.24) is 15.1 Å². The van der Waals surface area contributed by atoms with E-state index in [9.17, 15) is 4.79 Å². The predicted molar refractivity (Wildman–Crippen MR) is 138 cm³/mol. The minimum absolute atomic E-state index is 0.0402. The van der Waals surface area contributed by atoms with Gasteiger partial charge < -0.3 is 15.0 Å². The van der Waals surface area contributed by atoms with E-state index in [4.69, 9.17) is 4.74 Å². The van der Waals surface area contributed by atoms with Crippen LogP contribution >= 0.6 is 0 Å². The lowest BCUT2D eigenvalue weighted by Gasteiger charge is -2.36. The summed E-state index contributed by atoms with van der Waals surface area (Å²) in [6, 6.07) is 24.9. The summed E-state index contributed by atoms with van der Waals surface area (Å²) in [4.78, 5) is 17.5. The van der Waals surface area contributed by atoms with Gasteiger partial charge in [-0.1, -0.05) is 48.5 Å². The SMILES string of the molecule is COc1ccc(-c2ccc(C(=O)NCCc3ccc(C(C)N4CCN(C)CC4)cc3)cc2)cc1. The van der Waals surface area contributed by atoms with Crippen molar-refractivity contribution in [2.24, 2.45) is 0 Å². The van der Waals surface area contributed by atoms with Crippen LogP contribution in [0.3, 0.4) is 0 Å². The molecule has 0 aromatic heterocycles. The molecule has 5 nitrogen and oxygen atoms in total.